The fourth-order valence-electron chi connectivity index (χ4n) is 3.41. The molecule has 144 valence electrons. The lowest BCUT2D eigenvalue weighted by molar-refractivity contribution is -0.122. The summed E-state index contributed by atoms with van der Waals surface area (Å²) in [6.45, 7) is 4.02. The van der Waals surface area contributed by atoms with Crippen molar-refractivity contribution in [1.29, 1.82) is 0 Å². The van der Waals surface area contributed by atoms with E-state index in [2.05, 4.69) is 4.57 Å². The number of primary amides is 1. The van der Waals surface area contributed by atoms with Crippen molar-refractivity contribution in [1.82, 2.24) is 9.47 Å². The van der Waals surface area contributed by atoms with Crippen LogP contribution in [-0.2, 0) is 4.79 Å². The normalized spacial score (nSPS) is 11.9. The van der Waals surface area contributed by atoms with Crippen LogP contribution >= 0.6 is 0 Å². The van der Waals surface area contributed by atoms with Crippen molar-refractivity contribution >= 4 is 11.8 Å². The first kappa shape index (κ1) is 19.4. The lowest BCUT2D eigenvalue weighted by Crippen LogP contribution is -2.39. The first-order valence-corrected chi connectivity index (χ1v) is 8.87. The fourth-order valence-corrected chi connectivity index (χ4v) is 3.41. The Kier molecular flexibility index (Phi) is 5.31. The summed E-state index contributed by atoms with van der Waals surface area (Å²) in [4.78, 5) is 26.1. The summed E-state index contributed by atoms with van der Waals surface area (Å²) in [5.74, 6) is -1.59. The molecular formula is C22H22FN3O2. The van der Waals surface area contributed by atoms with E-state index in [0.29, 0.717) is 11.1 Å². The second-order valence-electron chi connectivity index (χ2n) is 6.77. The molecular weight excluding hydrogens is 357 g/mol. The van der Waals surface area contributed by atoms with E-state index < -0.39 is 17.8 Å². The predicted molar refractivity (Wildman–Crippen MR) is 106 cm³/mol. The van der Waals surface area contributed by atoms with Crippen molar-refractivity contribution in [3.05, 3.63) is 89.0 Å². The van der Waals surface area contributed by atoms with Gasteiger partial charge in [0.25, 0.3) is 5.91 Å². The summed E-state index contributed by atoms with van der Waals surface area (Å²) in [7, 11) is 1.48. The number of benzene rings is 2. The largest absolute Gasteiger partial charge is 0.368 e. The van der Waals surface area contributed by atoms with Crippen LogP contribution in [-0.4, -0.2) is 28.3 Å². The van der Waals surface area contributed by atoms with E-state index in [0.717, 1.165) is 17.1 Å². The van der Waals surface area contributed by atoms with Gasteiger partial charge in [-0.15, -0.1) is 0 Å². The van der Waals surface area contributed by atoms with Gasteiger partial charge < -0.3 is 15.2 Å². The van der Waals surface area contributed by atoms with Crippen molar-refractivity contribution in [2.45, 2.75) is 19.9 Å². The highest BCUT2D eigenvalue weighted by Crippen LogP contribution is 2.23. The van der Waals surface area contributed by atoms with Gasteiger partial charge in [-0.2, -0.15) is 0 Å². The summed E-state index contributed by atoms with van der Waals surface area (Å²) in [5, 5.41) is 0. The standard InChI is InChI=1S/C22H22FN3O2/c1-14-7-8-15(2)26(14)19-11-9-16(10-12-19)22(28)25(3)20(21(24)27)17-5-4-6-18(23)13-17/h4-13,20H,1-3H3,(H2,24,27). The Morgan fingerprint density at radius 3 is 2.14 bits per heavy atom. The molecule has 0 aliphatic rings. The highest BCUT2D eigenvalue weighted by Gasteiger charge is 2.27. The van der Waals surface area contributed by atoms with Gasteiger partial charge in [-0.1, -0.05) is 12.1 Å². The number of likely N-dealkylation sites (N-methyl/N-ethyl adjacent to an activating group) is 1. The number of rotatable bonds is 5. The number of aromatic nitrogens is 1. The van der Waals surface area contributed by atoms with E-state index in [1.807, 2.05) is 38.1 Å². The van der Waals surface area contributed by atoms with Crippen molar-refractivity contribution < 1.29 is 14.0 Å². The van der Waals surface area contributed by atoms with E-state index in [1.165, 1.54) is 30.1 Å². The van der Waals surface area contributed by atoms with E-state index >= 15 is 0 Å². The molecule has 2 aromatic carbocycles. The van der Waals surface area contributed by atoms with Gasteiger partial charge in [0.2, 0.25) is 5.91 Å². The Hall–Kier alpha value is -3.41. The van der Waals surface area contributed by atoms with Crippen LogP contribution in [0.5, 0.6) is 0 Å². The molecule has 1 unspecified atom stereocenters. The molecule has 0 bridgehead atoms. The molecule has 2 amide bonds. The smallest absolute Gasteiger partial charge is 0.254 e. The summed E-state index contributed by atoms with van der Waals surface area (Å²) >= 11 is 0. The summed E-state index contributed by atoms with van der Waals surface area (Å²) in [6.07, 6.45) is 0. The molecule has 0 saturated heterocycles. The van der Waals surface area contributed by atoms with E-state index in [-0.39, 0.29) is 5.91 Å². The SMILES string of the molecule is Cc1ccc(C)n1-c1ccc(C(=O)N(C)C(C(N)=O)c2cccc(F)c2)cc1. The van der Waals surface area contributed by atoms with Crippen molar-refractivity contribution in [2.75, 3.05) is 7.05 Å². The van der Waals surface area contributed by atoms with Crippen LogP contribution in [0.1, 0.15) is 33.4 Å². The zero-order valence-electron chi connectivity index (χ0n) is 16.0. The molecule has 0 saturated carbocycles. The lowest BCUT2D eigenvalue weighted by Gasteiger charge is -2.26. The number of carbonyl (C=O) groups is 2. The van der Waals surface area contributed by atoms with Crippen LogP contribution in [0.25, 0.3) is 5.69 Å². The van der Waals surface area contributed by atoms with Gasteiger partial charge in [-0.25, -0.2) is 4.39 Å². The van der Waals surface area contributed by atoms with Crippen LogP contribution in [0.15, 0.2) is 60.7 Å². The number of carbonyl (C=O) groups excluding carboxylic acids is 2. The van der Waals surface area contributed by atoms with Gasteiger partial charge in [0.15, 0.2) is 0 Å². The van der Waals surface area contributed by atoms with Gasteiger partial charge in [-0.3, -0.25) is 9.59 Å². The number of aryl methyl sites for hydroxylation is 2. The number of hydrogen-bond acceptors (Lipinski definition) is 2. The van der Waals surface area contributed by atoms with Gasteiger partial charge >= 0.3 is 0 Å². The quantitative estimate of drug-likeness (QED) is 0.737. The molecule has 2 N–H and O–H groups in total. The number of amides is 2. The van der Waals surface area contributed by atoms with E-state index in [4.69, 9.17) is 5.73 Å². The molecule has 5 nitrogen and oxygen atoms in total. The van der Waals surface area contributed by atoms with Crippen LogP contribution in [0.3, 0.4) is 0 Å². The summed E-state index contributed by atoms with van der Waals surface area (Å²) in [6, 6.07) is 15.6. The lowest BCUT2D eigenvalue weighted by atomic mass is 10.0. The highest BCUT2D eigenvalue weighted by molar-refractivity contribution is 5.97. The molecule has 3 rings (SSSR count). The number of hydrogen-bond donors (Lipinski definition) is 1. The first-order chi connectivity index (χ1) is 13.3. The van der Waals surface area contributed by atoms with Crippen molar-refractivity contribution in [3.63, 3.8) is 0 Å². The molecule has 28 heavy (non-hydrogen) atoms. The number of nitrogens with two attached hydrogens (primary N) is 1. The molecule has 1 heterocycles. The van der Waals surface area contributed by atoms with Gasteiger partial charge in [0.05, 0.1) is 0 Å². The van der Waals surface area contributed by atoms with Crippen LogP contribution < -0.4 is 5.73 Å². The molecule has 1 aromatic heterocycles. The minimum Gasteiger partial charge on any atom is -0.368 e. The third kappa shape index (κ3) is 3.67. The number of halogens is 1. The Morgan fingerprint density at radius 2 is 1.61 bits per heavy atom. The fraction of sp³-hybridized carbons (Fsp3) is 0.182. The second-order valence-corrected chi connectivity index (χ2v) is 6.77. The minimum absolute atomic E-state index is 0.332. The van der Waals surface area contributed by atoms with Crippen LogP contribution in [0, 0.1) is 19.7 Å². The molecule has 1 atom stereocenters. The number of nitrogens with zero attached hydrogens (tertiary/aromatic N) is 2. The molecule has 0 fully saturated rings. The van der Waals surface area contributed by atoms with Crippen LogP contribution in [0.4, 0.5) is 4.39 Å². The zero-order chi connectivity index (χ0) is 20.4. The molecule has 0 aliphatic heterocycles. The third-order valence-corrected chi connectivity index (χ3v) is 4.79. The Balaban J connectivity index is 1.89. The monoisotopic (exact) mass is 379 g/mol. The zero-order valence-corrected chi connectivity index (χ0v) is 16.0. The van der Waals surface area contributed by atoms with Gasteiger partial charge in [0, 0.05) is 29.7 Å². The average Bonchev–Trinajstić information content (AvgIpc) is 2.99. The van der Waals surface area contributed by atoms with Gasteiger partial charge in [0.1, 0.15) is 11.9 Å². The molecule has 3 aromatic rings. The van der Waals surface area contributed by atoms with E-state index in [9.17, 15) is 14.0 Å². The van der Waals surface area contributed by atoms with Crippen LogP contribution in [0.2, 0.25) is 0 Å². The maximum atomic E-state index is 13.6. The topological polar surface area (TPSA) is 68.3 Å². The van der Waals surface area contributed by atoms with Crippen molar-refractivity contribution in [3.8, 4) is 5.69 Å². The molecule has 0 spiro atoms. The van der Waals surface area contributed by atoms with Crippen molar-refractivity contribution in [2.24, 2.45) is 5.73 Å². The van der Waals surface area contributed by atoms with E-state index in [1.54, 1.807) is 18.2 Å². The first-order valence-electron chi connectivity index (χ1n) is 8.87. The third-order valence-electron chi connectivity index (χ3n) is 4.79. The second kappa shape index (κ2) is 7.68. The highest BCUT2D eigenvalue weighted by atomic mass is 19.1. The summed E-state index contributed by atoms with van der Waals surface area (Å²) in [5.41, 5.74) is 9.37. The predicted octanol–water partition coefficient (Wildman–Crippen LogP) is 3.53. The molecule has 0 radical (unpaired) electrons. The minimum atomic E-state index is -1.06. The molecule has 6 heteroatoms. The Morgan fingerprint density at radius 1 is 1.00 bits per heavy atom. The molecule has 0 aliphatic carbocycles. The van der Waals surface area contributed by atoms with Gasteiger partial charge in [-0.05, 0) is 67.9 Å². The Labute approximate surface area is 163 Å². The average molecular weight is 379 g/mol. The summed E-state index contributed by atoms with van der Waals surface area (Å²) < 4.78 is 15.6. The maximum absolute atomic E-state index is 13.6. The maximum Gasteiger partial charge on any atom is 0.254 e. The Bertz CT molecular complexity index is 1010.